The van der Waals surface area contributed by atoms with Gasteiger partial charge in [0.25, 0.3) is 5.91 Å². The second-order valence-corrected chi connectivity index (χ2v) is 7.96. The lowest BCUT2D eigenvalue weighted by molar-refractivity contribution is 0.0744. The molecular weight excluding hydrogens is 382 g/mol. The van der Waals surface area contributed by atoms with Gasteiger partial charge in [-0.2, -0.15) is 0 Å². The molecule has 0 aliphatic heterocycles. The molecule has 0 bridgehead atoms. The van der Waals surface area contributed by atoms with Gasteiger partial charge in [-0.3, -0.25) is 4.79 Å². The van der Waals surface area contributed by atoms with E-state index in [4.69, 9.17) is 4.98 Å². The van der Waals surface area contributed by atoms with Gasteiger partial charge in [0, 0.05) is 41.5 Å². The number of hydrogen-bond donors (Lipinski definition) is 0. The van der Waals surface area contributed by atoms with Gasteiger partial charge in [0.1, 0.15) is 11.3 Å². The molecule has 29 heavy (non-hydrogen) atoms. The summed E-state index contributed by atoms with van der Waals surface area (Å²) in [6.45, 7) is 5.96. The minimum Gasteiger partial charge on any atom is -0.332 e. The highest BCUT2D eigenvalue weighted by atomic mass is 32.1. The number of para-hydroxylation sites is 1. The van der Waals surface area contributed by atoms with Crippen LogP contribution in [0.3, 0.4) is 0 Å². The Kier molecular flexibility index (Phi) is 5.07. The van der Waals surface area contributed by atoms with Gasteiger partial charge in [-0.1, -0.05) is 18.2 Å². The van der Waals surface area contributed by atoms with Crippen LogP contribution in [0.2, 0.25) is 0 Å². The molecule has 0 fully saturated rings. The summed E-state index contributed by atoms with van der Waals surface area (Å²) >= 11 is 1.57. The predicted molar refractivity (Wildman–Crippen MR) is 115 cm³/mol. The van der Waals surface area contributed by atoms with Gasteiger partial charge >= 0.3 is 0 Å². The van der Waals surface area contributed by atoms with Gasteiger partial charge in [-0.15, -0.1) is 11.3 Å². The normalized spacial score (nSPS) is 12.1. The van der Waals surface area contributed by atoms with Crippen LogP contribution in [0.5, 0.6) is 0 Å². The fraction of sp³-hybridized carbons (Fsp3) is 0.227. The summed E-state index contributed by atoms with van der Waals surface area (Å²) in [5, 5.41) is 3.76. The number of aromatic nitrogens is 4. The lowest BCUT2D eigenvalue weighted by Gasteiger charge is -2.24. The van der Waals surface area contributed by atoms with Gasteiger partial charge in [0.05, 0.1) is 22.8 Å². The highest BCUT2D eigenvalue weighted by molar-refractivity contribution is 7.09. The van der Waals surface area contributed by atoms with Crippen molar-refractivity contribution in [3.63, 3.8) is 0 Å². The van der Waals surface area contributed by atoms with E-state index in [1.807, 2.05) is 57.5 Å². The molecule has 3 heterocycles. The predicted octanol–water partition coefficient (Wildman–Crippen LogP) is 4.60. The minimum atomic E-state index is -0.127. The number of carbonyl (C=O) groups is 1. The third-order valence-electron chi connectivity index (χ3n) is 5.02. The zero-order valence-electron chi connectivity index (χ0n) is 16.7. The van der Waals surface area contributed by atoms with Crippen LogP contribution in [0.4, 0.5) is 0 Å². The molecular formula is C22H21N5OS. The largest absolute Gasteiger partial charge is 0.332 e. The fourth-order valence-electron chi connectivity index (χ4n) is 3.24. The Hall–Kier alpha value is -3.19. The first kappa shape index (κ1) is 19.1. The van der Waals surface area contributed by atoms with E-state index in [1.54, 1.807) is 28.6 Å². The zero-order valence-corrected chi connectivity index (χ0v) is 17.6. The molecule has 6 nitrogen and oxygen atoms in total. The van der Waals surface area contributed by atoms with Gasteiger partial charge in [-0.25, -0.2) is 19.9 Å². The SMILES string of the molecule is Cc1csc([C@H](C)N(C)C(=O)c2cc(-c3cncnc3)nc3c(C)cccc23)n1. The van der Waals surface area contributed by atoms with E-state index in [9.17, 15) is 4.79 Å². The Balaban J connectivity index is 1.83. The number of rotatable bonds is 4. The zero-order chi connectivity index (χ0) is 20.5. The first-order chi connectivity index (χ1) is 14.0. The standard InChI is InChI=1S/C22H21N5OS/c1-13-6-5-7-17-18(8-19(26-20(13)17)16-9-23-12-24-10-16)22(28)27(4)15(3)21-25-14(2)11-29-21/h5-12,15H,1-4H3/t15-/m0/s1. The van der Waals surface area contributed by atoms with E-state index >= 15 is 0 Å². The third kappa shape index (κ3) is 3.61. The molecule has 4 rings (SSSR count). The van der Waals surface area contributed by atoms with Gasteiger partial charge in [0.15, 0.2) is 0 Å². The van der Waals surface area contributed by atoms with Crippen molar-refractivity contribution < 1.29 is 4.79 Å². The quantitative estimate of drug-likeness (QED) is 0.498. The van der Waals surface area contributed by atoms with E-state index in [1.165, 1.54) is 6.33 Å². The monoisotopic (exact) mass is 403 g/mol. The number of benzene rings is 1. The van der Waals surface area contributed by atoms with Crippen LogP contribution in [0.15, 0.2) is 48.4 Å². The summed E-state index contributed by atoms with van der Waals surface area (Å²) in [6.07, 6.45) is 4.89. The van der Waals surface area contributed by atoms with E-state index < -0.39 is 0 Å². The topological polar surface area (TPSA) is 71.9 Å². The molecule has 0 saturated carbocycles. The summed E-state index contributed by atoms with van der Waals surface area (Å²) in [5.41, 5.74) is 4.86. The van der Waals surface area contributed by atoms with Crippen molar-refractivity contribution in [1.82, 2.24) is 24.8 Å². The van der Waals surface area contributed by atoms with Crippen LogP contribution in [-0.2, 0) is 0 Å². The number of fused-ring (bicyclic) bond motifs is 1. The second-order valence-electron chi connectivity index (χ2n) is 7.07. The average molecular weight is 404 g/mol. The van der Waals surface area contributed by atoms with Crippen LogP contribution in [0.1, 0.15) is 39.6 Å². The van der Waals surface area contributed by atoms with E-state index in [0.717, 1.165) is 32.7 Å². The molecule has 7 heteroatoms. The number of amides is 1. The first-order valence-electron chi connectivity index (χ1n) is 9.30. The van der Waals surface area contributed by atoms with Crippen molar-refractivity contribution in [1.29, 1.82) is 0 Å². The van der Waals surface area contributed by atoms with Crippen LogP contribution in [0, 0.1) is 13.8 Å². The lowest BCUT2D eigenvalue weighted by Crippen LogP contribution is -2.30. The van der Waals surface area contributed by atoms with Crippen molar-refractivity contribution in [3.8, 4) is 11.3 Å². The summed E-state index contributed by atoms with van der Waals surface area (Å²) in [5.74, 6) is -0.0681. The molecule has 0 radical (unpaired) electrons. The first-order valence-corrected chi connectivity index (χ1v) is 10.2. The number of hydrogen-bond acceptors (Lipinski definition) is 6. The molecule has 0 N–H and O–H groups in total. The Bertz CT molecular complexity index is 1190. The van der Waals surface area contributed by atoms with E-state index in [2.05, 4.69) is 15.0 Å². The van der Waals surface area contributed by atoms with Crippen LogP contribution < -0.4 is 0 Å². The van der Waals surface area contributed by atoms with Gasteiger partial charge in [-0.05, 0) is 32.4 Å². The van der Waals surface area contributed by atoms with Crippen molar-refractivity contribution in [2.75, 3.05) is 7.05 Å². The van der Waals surface area contributed by atoms with Gasteiger partial charge in [0.2, 0.25) is 0 Å². The third-order valence-corrected chi connectivity index (χ3v) is 6.16. The molecule has 0 saturated heterocycles. The maximum Gasteiger partial charge on any atom is 0.254 e. The van der Waals surface area contributed by atoms with Crippen LogP contribution >= 0.6 is 11.3 Å². The maximum absolute atomic E-state index is 13.5. The molecule has 3 aromatic heterocycles. The second kappa shape index (κ2) is 7.67. The number of nitrogens with zero attached hydrogens (tertiary/aromatic N) is 5. The molecule has 0 aliphatic rings. The Labute approximate surface area is 173 Å². The highest BCUT2D eigenvalue weighted by Crippen LogP contribution is 2.29. The molecule has 146 valence electrons. The van der Waals surface area contributed by atoms with Crippen molar-refractivity contribution >= 4 is 28.1 Å². The number of carbonyl (C=O) groups excluding carboxylic acids is 1. The summed E-state index contributed by atoms with van der Waals surface area (Å²) in [4.78, 5) is 32.8. The Morgan fingerprint density at radius 2 is 1.90 bits per heavy atom. The molecule has 0 spiro atoms. The number of thiazole rings is 1. The van der Waals surface area contributed by atoms with Gasteiger partial charge < -0.3 is 4.90 Å². The Morgan fingerprint density at radius 1 is 1.14 bits per heavy atom. The van der Waals surface area contributed by atoms with E-state index in [0.29, 0.717) is 11.3 Å². The fourth-order valence-corrected chi connectivity index (χ4v) is 4.14. The summed E-state index contributed by atoms with van der Waals surface area (Å²) in [7, 11) is 1.82. The average Bonchev–Trinajstić information content (AvgIpc) is 3.19. The molecule has 1 aromatic carbocycles. The molecule has 0 aliphatic carbocycles. The molecule has 4 aromatic rings. The number of aryl methyl sites for hydroxylation is 2. The lowest BCUT2D eigenvalue weighted by atomic mass is 10.0. The smallest absolute Gasteiger partial charge is 0.254 e. The highest BCUT2D eigenvalue weighted by Gasteiger charge is 2.24. The molecule has 1 atom stereocenters. The van der Waals surface area contributed by atoms with Crippen LogP contribution in [0.25, 0.3) is 22.2 Å². The maximum atomic E-state index is 13.5. The van der Waals surface area contributed by atoms with Crippen LogP contribution in [-0.4, -0.2) is 37.8 Å². The molecule has 0 unspecified atom stereocenters. The van der Waals surface area contributed by atoms with Crippen molar-refractivity contribution in [2.24, 2.45) is 0 Å². The minimum absolute atomic E-state index is 0.0681. The number of pyridine rings is 1. The van der Waals surface area contributed by atoms with Crippen molar-refractivity contribution in [2.45, 2.75) is 26.8 Å². The summed E-state index contributed by atoms with van der Waals surface area (Å²) in [6, 6.07) is 7.60. The van der Waals surface area contributed by atoms with Crippen molar-refractivity contribution in [3.05, 3.63) is 70.2 Å². The molecule has 1 amide bonds. The summed E-state index contributed by atoms with van der Waals surface area (Å²) < 4.78 is 0. The van der Waals surface area contributed by atoms with E-state index in [-0.39, 0.29) is 11.9 Å². The Morgan fingerprint density at radius 3 is 2.59 bits per heavy atom.